The zero-order valence-corrected chi connectivity index (χ0v) is 14.8. The Bertz CT molecular complexity index is 886. The van der Waals surface area contributed by atoms with Gasteiger partial charge < -0.3 is 9.73 Å². The van der Waals surface area contributed by atoms with E-state index in [-0.39, 0.29) is 18.0 Å². The molecule has 0 spiro atoms. The molecule has 0 radical (unpaired) electrons. The molecule has 3 rings (SSSR count). The molecule has 1 amide bonds. The molecule has 0 atom stereocenters. The van der Waals surface area contributed by atoms with E-state index in [9.17, 15) is 9.59 Å². The minimum absolute atomic E-state index is 0.179. The summed E-state index contributed by atoms with van der Waals surface area (Å²) in [5.41, 5.74) is 0.928. The van der Waals surface area contributed by atoms with Gasteiger partial charge in [0.2, 0.25) is 0 Å². The van der Waals surface area contributed by atoms with E-state index in [4.69, 9.17) is 4.42 Å². The molecule has 1 aromatic carbocycles. The molecule has 1 N–H and O–H groups in total. The molecule has 2 aromatic heterocycles. The minimum atomic E-state index is -0.228. The SMILES string of the molecule is O=C(NCCn1nc(-c2ccco2)ccc1=O)c1ccc(I)cc1. The Hall–Kier alpha value is -2.42. The summed E-state index contributed by atoms with van der Waals surface area (Å²) in [7, 11) is 0. The first-order valence-electron chi connectivity index (χ1n) is 7.29. The summed E-state index contributed by atoms with van der Waals surface area (Å²) in [5.74, 6) is 0.410. The summed E-state index contributed by atoms with van der Waals surface area (Å²) in [5, 5.41) is 7.04. The average Bonchev–Trinajstić information content (AvgIpc) is 3.11. The van der Waals surface area contributed by atoms with Gasteiger partial charge in [-0.3, -0.25) is 9.59 Å². The van der Waals surface area contributed by atoms with Gasteiger partial charge in [0.1, 0.15) is 5.69 Å². The molecule has 0 unspecified atom stereocenters. The highest BCUT2D eigenvalue weighted by atomic mass is 127. The van der Waals surface area contributed by atoms with Crippen molar-refractivity contribution < 1.29 is 9.21 Å². The van der Waals surface area contributed by atoms with Gasteiger partial charge in [0.05, 0.1) is 12.8 Å². The summed E-state index contributed by atoms with van der Waals surface area (Å²) >= 11 is 2.18. The highest BCUT2D eigenvalue weighted by molar-refractivity contribution is 14.1. The van der Waals surface area contributed by atoms with Crippen LogP contribution >= 0.6 is 22.6 Å². The van der Waals surface area contributed by atoms with Crippen molar-refractivity contribution in [1.82, 2.24) is 15.1 Å². The van der Waals surface area contributed by atoms with Crippen molar-refractivity contribution in [2.24, 2.45) is 0 Å². The smallest absolute Gasteiger partial charge is 0.266 e. The van der Waals surface area contributed by atoms with Gasteiger partial charge in [-0.25, -0.2) is 4.68 Å². The zero-order valence-electron chi connectivity index (χ0n) is 12.6. The first kappa shape index (κ1) is 16.4. The summed E-state index contributed by atoms with van der Waals surface area (Å²) < 4.78 is 7.65. The van der Waals surface area contributed by atoms with Crippen LogP contribution in [0.15, 0.2) is 64.0 Å². The second kappa shape index (κ2) is 7.43. The first-order chi connectivity index (χ1) is 11.6. The van der Waals surface area contributed by atoms with Crippen LogP contribution < -0.4 is 10.9 Å². The van der Waals surface area contributed by atoms with E-state index in [0.29, 0.717) is 23.6 Å². The maximum absolute atomic E-state index is 12.0. The van der Waals surface area contributed by atoms with E-state index in [1.165, 1.54) is 10.7 Å². The maximum Gasteiger partial charge on any atom is 0.266 e. The van der Waals surface area contributed by atoms with Crippen molar-refractivity contribution in [3.05, 3.63) is 74.3 Å². The number of furan rings is 1. The molecule has 0 bridgehead atoms. The number of carbonyl (C=O) groups is 1. The number of amides is 1. The molecule has 0 aliphatic rings. The third-order valence-corrected chi connectivity index (χ3v) is 4.07. The van der Waals surface area contributed by atoms with Crippen molar-refractivity contribution in [3.63, 3.8) is 0 Å². The van der Waals surface area contributed by atoms with Crippen LogP contribution in [0, 0.1) is 3.57 Å². The van der Waals surface area contributed by atoms with E-state index in [2.05, 4.69) is 33.0 Å². The van der Waals surface area contributed by atoms with Crippen LogP contribution in [-0.4, -0.2) is 22.2 Å². The fraction of sp³-hybridized carbons (Fsp3) is 0.118. The molecule has 6 nitrogen and oxygen atoms in total. The molecule has 122 valence electrons. The fourth-order valence-electron chi connectivity index (χ4n) is 2.14. The quantitative estimate of drug-likeness (QED) is 0.626. The van der Waals surface area contributed by atoms with Gasteiger partial charge in [-0.1, -0.05) is 0 Å². The van der Waals surface area contributed by atoms with Crippen LogP contribution in [0.3, 0.4) is 0 Å². The zero-order chi connectivity index (χ0) is 16.9. The van der Waals surface area contributed by atoms with E-state index in [1.54, 1.807) is 36.6 Å². The van der Waals surface area contributed by atoms with Crippen LogP contribution in [0.1, 0.15) is 10.4 Å². The standard InChI is InChI=1S/C17H14IN3O3/c18-13-5-3-12(4-6-13)17(23)19-9-10-21-16(22)8-7-14(20-21)15-2-1-11-24-15/h1-8,11H,9-10H2,(H,19,23). The molecular formula is C17H14IN3O3. The monoisotopic (exact) mass is 435 g/mol. The summed E-state index contributed by atoms with van der Waals surface area (Å²) in [4.78, 5) is 23.9. The Labute approximate surface area is 151 Å². The summed E-state index contributed by atoms with van der Waals surface area (Å²) in [6.07, 6.45) is 1.55. The van der Waals surface area contributed by atoms with Gasteiger partial charge >= 0.3 is 0 Å². The van der Waals surface area contributed by atoms with Gasteiger partial charge in [-0.15, -0.1) is 0 Å². The Kier molecular flexibility index (Phi) is 5.09. The van der Waals surface area contributed by atoms with Crippen LogP contribution in [-0.2, 0) is 6.54 Å². The third kappa shape index (κ3) is 3.91. The Morgan fingerprint density at radius 1 is 1.17 bits per heavy atom. The van der Waals surface area contributed by atoms with Crippen molar-refractivity contribution in [2.45, 2.75) is 6.54 Å². The Balaban J connectivity index is 1.64. The molecule has 2 heterocycles. The number of nitrogens with one attached hydrogen (secondary N) is 1. The van der Waals surface area contributed by atoms with Crippen molar-refractivity contribution >= 4 is 28.5 Å². The van der Waals surface area contributed by atoms with Crippen LogP contribution in [0.2, 0.25) is 0 Å². The second-order valence-corrected chi connectivity index (χ2v) is 6.27. The first-order valence-corrected chi connectivity index (χ1v) is 8.37. The lowest BCUT2D eigenvalue weighted by atomic mass is 10.2. The largest absolute Gasteiger partial charge is 0.463 e. The number of hydrogen-bond donors (Lipinski definition) is 1. The maximum atomic E-state index is 12.0. The second-order valence-electron chi connectivity index (χ2n) is 5.02. The lowest BCUT2D eigenvalue weighted by Crippen LogP contribution is -2.31. The molecule has 24 heavy (non-hydrogen) atoms. The number of halogens is 1. The molecule has 0 aliphatic heterocycles. The molecule has 7 heteroatoms. The van der Waals surface area contributed by atoms with Crippen LogP contribution in [0.5, 0.6) is 0 Å². The molecule has 0 fully saturated rings. The highest BCUT2D eigenvalue weighted by Gasteiger charge is 2.07. The topological polar surface area (TPSA) is 77.1 Å². The van der Waals surface area contributed by atoms with Crippen LogP contribution in [0.4, 0.5) is 0 Å². The van der Waals surface area contributed by atoms with Gasteiger partial charge in [-0.05, 0) is 65.1 Å². The number of nitrogens with zero attached hydrogens (tertiary/aromatic N) is 2. The van der Waals surface area contributed by atoms with Gasteiger partial charge in [0.15, 0.2) is 5.76 Å². The third-order valence-electron chi connectivity index (χ3n) is 3.36. The predicted octanol–water partition coefficient (Wildman–Crippen LogP) is 2.54. The van der Waals surface area contributed by atoms with Gasteiger partial charge in [-0.2, -0.15) is 5.10 Å². The normalized spacial score (nSPS) is 10.5. The van der Waals surface area contributed by atoms with E-state index in [0.717, 1.165) is 3.57 Å². The highest BCUT2D eigenvalue weighted by Crippen LogP contribution is 2.14. The molecule has 0 aliphatic carbocycles. The summed E-state index contributed by atoms with van der Waals surface area (Å²) in [6, 6.07) is 13.8. The van der Waals surface area contributed by atoms with Gasteiger partial charge in [0.25, 0.3) is 11.5 Å². The lowest BCUT2D eigenvalue weighted by molar-refractivity contribution is 0.0951. The van der Waals surface area contributed by atoms with Crippen molar-refractivity contribution in [3.8, 4) is 11.5 Å². The molecule has 0 saturated heterocycles. The summed E-state index contributed by atoms with van der Waals surface area (Å²) in [6.45, 7) is 0.586. The van der Waals surface area contributed by atoms with E-state index >= 15 is 0 Å². The van der Waals surface area contributed by atoms with Crippen molar-refractivity contribution in [2.75, 3.05) is 6.54 Å². The Morgan fingerprint density at radius 2 is 1.96 bits per heavy atom. The van der Waals surface area contributed by atoms with Crippen molar-refractivity contribution in [1.29, 1.82) is 0 Å². The minimum Gasteiger partial charge on any atom is -0.463 e. The molecular weight excluding hydrogens is 421 g/mol. The fourth-order valence-corrected chi connectivity index (χ4v) is 2.50. The molecule has 3 aromatic rings. The van der Waals surface area contributed by atoms with E-state index < -0.39 is 0 Å². The number of carbonyl (C=O) groups excluding carboxylic acids is 1. The number of rotatable bonds is 5. The Morgan fingerprint density at radius 3 is 2.67 bits per heavy atom. The lowest BCUT2D eigenvalue weighted by Gasteiger charge is -2.08. The number of hydrogen-bond acceptors (Lipinski definition) is 4. The molecule has 0 saturated carbocycles. The number of aromatic nitrogens is 2. The number of benzene rings is 1. The van der Waals surface area contributed by atoms with E-state index in [1.807, 2.05) is 12.1 Å². The predicted molar refractivity (Wildman–Crippen MR) is 97.7 cm³/mol. The van der Waals surface area contributed by atoms with Gasteiger partial charge in [0, 0.05) is 21.7 Å². The average molecular weight is 435 g/mol. The van der Waals surface area contributed by atoms with Crippen LogP contribution in [0.25, 0.3) is 11.5 Å².